The molecule has 0 aromatic carbocycles. The molecule has 6 nitrogen and oxygen atoms in total. The van der Waals surface area contributed by atoms with E-state index in [1.165, 1.54) is 11.3 Å². The Bertz CT molecular complexity index is 425. The van der Waals surface area contributed by atoms with Gasteiger partial charge in [-0.1, -0.05) is 0 Å². The maximum Gasteiger partial charge on any atom is 0.271 e. The Morgan fingerprint density at radius 2 is 2.21 bits per heavy atom. The van der Waals surface area contributed by atoms with E-state index in [2.05, 4.69) is 15.6 Å². The van der Waals surface area contributed by atoms with Gasteiger partial charge in [-0.15, -0.1) is 23.7 Å². The van der Waals surface area contributed by atoms with Crippen LogP contribution in [0.2, 0.25) is 0 Å². The third kappa shape index (κ3) is 5.54. The van der Waals surface area contributed by atoms with E-state index < -0.39 is 6.04 Å². The van der Waals surface area contributed by atoms with Gasteiger partial charge in [0.05, 0.1) is 5.01 Å². The maximum atomic E-state index is 11.8. The Balaban J connectivity index is 0.00000324. The lowest BCUT2D eigenvalue weighted by molar-refractivity contribution is -0.122. The van der Waals surface area contributed by atoms with Crippen molar-refractivity contribution >= 4 is 35.6 Å². The summed E-state index contributed by atoms with van der Waals surface area (Å²) in [5, 5.41) is 7.74. The van der Waals surface area contributed by atoms with Crippen LogP contribution in [0.25, 0.3) is 0 Å². The molecule has 0 bridgehead atoms. The molecule has 108 valence electrons. The average Bonchev–Trinajstić information content (AvgIpc) is 2.78. The summed E-state index contributed by atoms with van der Waals surface area (Å²) in [7, 11) is 0. The summed E-state index contributed by atoms with van der Waals surface area (Å²) in [5.74, 6) is -0.545. The highest BCUT2D eigenvalue weighted by Crippen LogP contribution is 2.09. The minimum Gasteiger partial charge on any atom is -0.355 e. The molecule has 19 heavy (non-hydrogen) atoms. The summed E-state index contributed by atoms with van der Waals surface area (Å²) in [6, 6.07) is -0.572. The highest BCUT2D eigenvalue weighted by atomic mass is 35.5. The first-order chi connectivity index (χ1) is 8.58. The van der Waals surface area contributed by atoms with Gasteiger partial charge in [-0.2, -0.15) is 0 Å². The number of carbonyl (C=O) groups is 2. The molecule has 8 heteroatoms. The van der Waals surface area contributed by atoms with Crippen LogP contribution in [0.5, 0.6) is 0 Å². The second-order valence-corrected chi connectivity index (χ2v) is 4.70. The van der Waals surface area contributed by atoms with Crippen LogP contribution in [0.15, 0.2) is 5.38 Å². The second-order valence-electron chi connectivity index (χ2n) is 3.75. The van der Waals surface area contributed by atoms with E-state index in [0.717, 1.165) is 5.01 Å². The van der Waals surface area contributed by atoms with Gasteiger partial charge < -0.3 is 16.4 Å². The summed E-state index contributed by atoms with van der Waals surface area (Å²) in [6.45, 7) is 4.50. The van der Waals surface area contributed by atoms with Crippen LogP contribution in [-0.4, -0.2) is 35.9 Å². The number of aromatic nitrogens is 1. The van der Waals surface area contributed by atoms with Crippen molar-refractivity contribution < 1.29 is 9.59 Å². The predicted octanol–water partition coefficient (Wildman–Crippen LogP) is 0.320. The fourth-order valence-electron chi connectivity index (χ4n) is 1.32. The minimum atomic E-state index is -0.572. The zero-order valence-corrected chi connectivity index (χ0v) is 12.6. The average molecular weight is 307 g/mol. The first kappa shape index (κ1) is 17.8. The Labute approximate surface area is 122 Å². The number of rotatable bonds is 6. The summed E-state index contributed by atoms with van der Waals surface area (Å²) in [4.78, 5) is 27.4. The number of carbonyl (C=O) groups excluding carboxylic acids is 2. The van der Waals surface area contributed by atoms with Crippen molar-refractivity contribution in [1.29, 1.82) is 0 Å². The summed E-state index contributed by atoms with van der Waals surface area (Å²) >= 11 is 1.40. The second kappa shape index (κ2) is 8.84. The molecule has 2 amide bonds. The van der Waals surface area contributed by atoms with Crippen molar-refractivity contribution in [1.82, 2.24) is 15.6 Å². The van der Waals surface area contributed by atoms with E-state index in [9.17, 15) is 9.59 Å². The number of thiazole rings is 1. The van der Waals surface area contributed by atoms with E-state index >= 15 is 0 Å². The number of hydrogen-bond acceptors (Lipinski definition) is 5. The number of likely N-dealkylation sites (N-methyl/N-ethyl adjacent to an activating group) is 1. The quantitative estimate of drug-likeness (QED) is 0.705. The molecule has 0 aliphatic heterocycles. The van der Waals surface area contributed by atoms with Gasteiger partial charge >= 0.3 is 0 Å². The highest BCUT2D eigenvalue weighted by molar-refractivity contribution is 7.09. The third-order valence-electron chi connectivity index (χ3n) is 2.23. The van der Waals surface area contributed by atoms with Crippen molar-refractivity contribution in [3.63, 3.8) is 0 Å². The van der Waals surface area contributed by atoms with E-state index in [-0.39, 0.29) is 24.2 Å². The summed E-state index contributed by atoms with van der Waals surface area (Å²) < 4.78 is 0. The van der Waals surface area contributed by atoms with Gasteiger partial charge in [0.2, 0.25) is 5.91 Å². The normalized spacial score (nSPS) is 11.3. The minimum absolute atomic E-state index is 0. The van der Waals surface area contributed by atoms with Gasteiger partial charge in [0.25, 0.3) is 5.91 Å². The molecule has 0 saturated heterocycles. The number of halogens is 1. The standard InChI is InChI=1S/C11H18N4O2S.ClH/c1-3-13-10(16)7(2)14-11(17)8-6-18-9(15-8)4-5-12;/h6-7H,3-5,12H2,1-2H3,(H,13,16)(H,14,17);1H. The van der Waals surface area contributed by atoms with Crippen molar-refractivity contribution in [3.05, 3.63) is 16.1 Å². The molecule has 1 rings (SSSR count). The Hall–Kier alpha value is -1.18. The van der Waals surface area contributed by atoms with Gasteiger partial charge in [0, 0.05) is 18.3 Å². The van der Waals surface area contributed by atoms with Gasteiger partial charge in [-0.25, -0.2) is 4.98 Å². The zero-order valence-electron chi connectivity index (χ0n) is 10.9. The molecule has 0 saturated carbocycles. The molecule has 1 aromatic heterocycles. The number of nitrogens with zero attached hydrogens (tertiary/aromatic N) is 1. The molecule has 0 fully saturated rings. The molecular weight excluding hydrogens is 288 g/mol. The van der Waals surface area contributed by atoms with E-state index in [4.69, 9.17) is 5.73 Å². The molecule has 1 unspecified atom stereocenters. The molecular formula is C11H19ClN4O2S. The largest absolute Gasteiger partial charge is 0.355 e. The first-order valence-corrected chi connectivity index (χ1v) is 6.69. The molecule has 1 atom stereocenters. The SMILES string of the molecule is CCNC(=O)C(C)NC(=O)c1csc(CCN)n1.Cl. The molecule has 0 aliphatic carbocycles. The number of amides is 2. The monoisotopic (exact) mass is 306 g/mol. The van der Waals surface area contributed by atoms with E-state index in [0.29, 0.717) is 25.2 Å². The van der Waals surface area contributed by atoms with Crippen molar-refractivity contribution in [2.24, 2.45) is 5.73 Å². The van der Waals surface area contributed by atoms with Crippen LogP contribution in [0.4, 0.5) is 0 Å². The van der Waals surface area contributed by atoms with Crippen LogP contribution in [-0.2, 0) is 11.2 Å². The van der Waals surface area contributed by atoms with E-state index in [1.807, 2.05) is 6.92 Å². The molecule has 0 aliphatic rings. The summed E-state index contributed by atoms with van der Waals surface area (Å²) in [6.07, 6.45) is 0.657. The van der Waals surface area contributed by atoms with Crippen LogP contribution >= 0.6 is 23.7 Å². The van der Waals surface area contributed by atoms with Crippen LogP contribution in [0.3, 0.4) is 0 Å². The molecule has 1 heterocycles. The van der Waals surface area contributed by atoms with Crippen molar-refractivity contribution in [2.75, 3.05) is 13.1 Å². The zero-order chi connectivity index (χ0) is 13.5. The summed E-state index contributed by atoms with van der Waals surface area (Å²) in [5.41, 5.74) is 5.75. The van der Waals surface area contributed by atoms with Crippen molar-refractivity contribution in [2.45, 2.75) is 26.3 Å². The Kier molecular flexibility index (Phi) is 8.29. The topological polar surface area (TPSA) is 97.1 Å². The molecule has 0 radical (unpaired) electrons. The predicted molar refractivity (Wildman–Crippen MR) is 77.7 cm³/mol. The number of hydrogen-bond donors (Lipinski definition) is 3. The Morgan fingerprint density at radius 3 is 2.79 bits per heavy atom. The van der Waals surface area contributed by atoms with Crippen molar-refractivity contribution in [3.8, 4) is 0 Å². The van der Waals surface area contributed by atoms with E-state index in [1.54, 1.807) is 12.3 Å². The van der Waals surface area contributed by atoms with Crippen LogP contribution in [0, 0.1) is 0 Å². The third-order valence-corrected chi connectivity index (χ3v) is 3.14. The maximum absolute atomic E-state index is 11.8. The lowest BCUT2D eigenvalue weighted by Gasteiger charge is -2.12. The first-order valence-electron chi connectivity index (χ1n) is 5.81. The van der Waals surface area contributed by atoms with Gasteiger partial charge in [0.15, 0.2) is 0 Å². The lowest BCUT2D eigenvalue weighted by atomic mass is 10.3. The number of nitrogens with one attached hydrogen (secondary N) is 2. The van der Waals surface area contributed by atoms with Gasteiger partial charge in [0.1, 0.15) is 11.7 Å². The Morgan fingerprint density at radius 1 is 1.53 bits per heavy atom. The smallest absolute Gasteiger partial charge is 0.271 e. The molecule has 1 aromatic rings. The lowest BCUT2D eigenvalue weighted by Crippen LogP contribution is -2.44. The van der Waals surface area contributed by atoms with Crippen LogP contribution < -0.4 is 16.4 Å². The van der Waals surface area contributed by atoms with Gasteiger partial charge in [-0.3, -0.25) is 9.59 Å². The van der Waals surface area contributed by atoms with Crippen LogP contribution in [0.1, 0.15) is 29.3 Å². The molecule has 0 spiro atoms. The fourth-order valence-corrected chi connectivity index (χ4v) is 2.11. The number of nitrogens with two attached hydrogens (primary N) is 1. The molecule has 4 N–H and O–H groups in total. The van der Waals surface area contributed by atoms with Gasteiger partial charge in [-0.05, 0) is 20.4 Å². The fraction of sp³-hybridized carbons (Fsp3) is 0.545. The highest BCUT2D eigenvalue weighted by Gasteiger charge is 2.17.